The van der Waals surface area contributed by atoms with Crippen LogP contribution >= 0.6 is 11.8 Å². The van der Waals surface area contributed by atoms with Gasteiger partial charge in [-0.15, -0.1) is 0 Å². The molecule has 2 heterocycles. The molecule has 1 aliphatic rings. The Morgan fingerprint density at radius 3 is 2.89 bits per heavy atom. The Kier molecular flexibility index (Phi) is 4.78. The van der Waals surface area contributed by atoms with Gasteiger partial charge in [-0.2, -0.15) is 0 Å². The van der Waals surface area contributed by atoms with Crippen LogP contribution in [0.15, 0.2) is 47.8 Å². The summed E-state index contributed by atoms with van der Waals surface area (Å²) in [6, 6.07) is 9.10. The molecule has 0 atom stereocenters. The summed E-state index contributed by atoms with van der Waals surface area (Å²) in [4.78, 5) is 18.2. The Bertz CT molecular complexity index is 991. The van der Waals surface area contributed by atoms with Gasteiger partial charge in [0.2, 0.25) is 0 Å². The highest BCUT2D eigenvalue weighted by molar-refractivity contribution is 7.98. The first-order valence-electron chi connectivity index (χ1n) is 8.04. The number of hydrogen-bond acceptors (Lipinski definition) is 6. The van der Waals surface area contributed by atoms with Gasteiger partial charge in [-0.05, 0) is 29.8 Å². The molecule has 1 aromatic heterocycles. The van der Waals surface area contributed by atoms with Crippen LogP contribution in [-0.4, -0.2) is 21.7 Å². The number of non-ortho nitro benzene ring substituents is 1. The quantitative estimate of drug-likeness (QED) is 0.399. The monoisotopic (exact) mass is 387 g/mol. The van der Waals surface area contributed by atoms with Gasteiger partial charge in [0.1, 0.15) is 11.6 Å². The smallest absolute Gasteiger partial charge is 0.270 e. The fraction of sp³-hybridized carbons (Fsp3) is 0.167. The van der Waals surface area contributed by atoms with Gasteiger partial charge >= 0.3 is 0 Å². The molecule has 9 heteroatoms. The summed E-state index contributed by atoms with van der Waals surface area (Å²) < 4.78 is 23.8. The molecule has 1 aliphatic heterocycles. The Balaban J connectivity index is 1.54. The number of ether oxygens (including phenoxy) is 2. The normalized spacial score (nSPS) is 13.1. The fourth-order valence-corrected chi connectivity index (χ4v) is 3.61. The molecule has 0 fully saturated rings. The predicted molar refractivity (Wildman–Crippen MR) is 96.9 cm³/mol. The maximum Gasteiger partial charge on any atom is 0.270 e. The SMILES string of the molecule is O=[N+]([O-])c1cc2c(c(CSc3ncc(-c4ccc(F)cc4)[nH]3)c1)OCOC2. The molecule has 0 radical (unpaired) electrons. The highest BCUT2D eigenvalue weighted by atomic mass is 32.2. The minimum Gasteiger partial charge on any atom is -0.467 e. The minimum atomic E-state index is -0.428. The van der Waals surface area contributed by atoms with Crippen molar-refractivity contribution in [1.29, 1.82) is 0 Å². The number of aromatic nitrogens is 2. The van der Waals surface area contributed by atoms with E-state index in [4.69, 9.17) is 9.47 Å². The van der Waals surface area contributed by atoms with E-state index in [0.29, 0.717) is 27.8 Å². The molecular weight excluding hydrogens is 373 g/mol. The van der Waals surface area contributed by atoms with E-state index in [0.717, 1.165) is 11.3 Å². The van der Waals surface area contributed by atoms with E-state index in [1.807, 2.05) is 0 Å². The summed E-state index contributed by atoms with van der Waals surface area (Å²) in [5, 5.41) is 11.8. The van der Waals surface area contributed by atoms with Gasteiger partial charge in [-0.25, -0.2) is 9.37 Å². The van der Waals surface area contributed by atoms with Gasteiger partial charge in [0.25, 0.3) is 5.69 Å². The predicted octanol–water partition coefficient (Wildman–Crippen LogP) is 4.28. The molecule has 3 aromatic rings. The summed E-state index contributed by atoms with van der Waals surface area (Å²) in [6.45, 7) is 0.405. The number of thioether (sulfide) groups is 1. The maximum atomic E-state index is 13.0. The third kappa shape index (κ3) is 3.79. The summed E-state index contributed by atoms with van der Waals surface area (Å²) in [5.74, 6) is 0.775. The van der Waals surface area contributed by atoms with Crippen LogP contribution in [0.5, 0.6) is 5.75 Å². The lowest BCUT2D eigenvalue weighted by Gasteiger charge is -2.20. The van der Waals surface area contributed by atoms with Crippen molar-refractivity contribution in [3.05, 3.63) is 69.7 Å². The third-order valence-corrected chi connectivity index (χ3v) is 4.99. The van der Waals surface area contributed by atoms with Crippen molar-refractivity contribution in [2.45, 2.75) is 17.5 Å². The van der Waals surface area contributed by atoms with Gasteiger partial charge in [-0.3, -0.25) is 10.1 Å². The molecule has 27 heavy (non-hydrogen) atoms. The van der Waals surface area contributed by atoms with E-state index in [9.17, 15) is 14.5 Å². The van der Waals surface area contributed by atoms with Gasteiger partial charge in [0.15, 0.2) is 11.9 Å². The number of imidazole rings is 1. The zero-order valence-electron chi connectivity index (χ0n) is 14.0. The number of aromatic amines is 1. The van der Waals surface area contributed by atoms with Crippen LogP contribution < -0.4 is 4.74 Å². The number of rotatable bonds is 5. The summed E-state index contributed by atoms with van der Waals surface area (Å²) in [7, 11) is 0. The van der Waals surface area contributed by atoms with Crippen LogP contribution in [0.2, 0.25) is 0 Å². The highest BCUT2D eigenvalue weighted by Gasteiger charge is 2.21. The Labute approximate surface area is 157 Å². The Morgan fingerprint density at radius 2 is 2.11 bits per heavy atom. The molecule has 0 spiro atoms. The number of nitrogens with one attached hydrogen (secondary N) is 1. The molecule has 7 nitrogen and oxygen atoms in total. The molecule has 2 aromatic carbocycles. The third-order valence-electron chi connectivity index (χ3n) is 4.05. The van der Waals surface area contributed by atoms with E-state index in [1.54, 1.807) is 18.3 Å². The minimum absolute atomic E-state index is 0.00453. The van der Waals surface area contributed by atoms with E-state index in [1.165, 1.54) is 36.0 Å². The van der Waals surface area contributed by atoms with Crippen molar-refractivity contribution >= 4 is 17.4 Å². The molecule has 0 saturated heterocycles. The number of H-pyrrole nitrogens is 1. The number of hydrogen-bond donors (Lipinski definition) is 1. The van der Waals surface area contributed by atoms with Crippen molar-refractivity contribution in [3.63, 3.8) is 0 Å². The van der Waals surface area contributed by atoms with Gasteiger partial charge in [-0.1, -0.05) is 11.8 Å². The number of fused-ring (bicyclic) bond motifs is 1. The van der Waals surface area contributed by atoms with E-state index in [2.05, 4.69) is 9.97 Å². The van der Waals surface area contributed by atoms with Crippen LogP contribution in [0.1, 0.15) is 11.1 Å². The number of nitro groups is 1. The highest BCUT2D eigenvalue weighted by Crippen LogP contribution is 2.36. The van der Waals surface area contributed by atoms with Gasteiger partial charge in [0, 0.05) is 29.0 Å². The van der Waals surface area contributed by atoms with Crippen molar-refractivity contribution in [2.24, 2.45) is 0 Å². The standard InChI is InChI=1S/C18H14FN3O4S/c19-14-3-1-11(2-4-14)16-7-20-18(21-16)27-9-13-6-15(22(23)24)5-12-8-25-10-26-17(12)13/h1-7H,8-10H2,(H,20,21). The molecule has 0 amide bonds. The molecule has 1 N–H and O–H groups in total. The molecule has 138 valence electrons. The topological polar surface area (TPSA) is 90.3 Å². The second kappa shape index (κ2) is 7.37. The van der Waals surface area contributed by atoms with Crippen LogP contribution in [0.4, 0.5) is 10.1 Å². The molecular formula is C18H14FN3O4S. The second-order valence-electron chi connectivity index (χ2n) is 5.86. The zero-order valence-corrected chi connectivity index (χ0v) is 14.8. The number of halogens is 1. The average Bonchev–Trinajstić information content (AvgIpc) is 3.15. The first-order valence-corrected chi connectivity index (χ1v) is 9.03. The van der Waals surface area contributed by atoms with Crippen LogP contribution in [0.3, 0.4) is 0 Å². The van der Waals surface area contributed by atoms with Crippen molar-refractivity contribution in [3.8, 4) is 17.0 Å². The molecule has 0 bridgehead atoms. The van der Waals surface area contributed by atoms with Gasteiger partial charge < -0.3 is 14.5 Å². The summed E-state index contributed by atoms with van der Waals surface area (Å²) in [6.07, 6.45) is 1.67. The first kappa shape index (κ1) is 17.5. The van der Waals surface area contributed by atoms with Crippen LogP contribution in [0, 0.1) is 15.9 Å². The Morgan fingerprint density at radius 1 is 1.30 bits per heavy atom. The lowest BCUT2D eigenvalue weighted by Crippen LogP contribution is -2.13. The van der Waals surface area contributed by atoms with E-state index >= 15 is 0 Å². The maximum absolute atomic E-state index is 13.0. The van der Waals surface area contributed by atoms with Gasteiger partial charge in [0.05, 0.1) is 23.4 Å². The van der Waals surface area contributed by atoms with Crippen molar-refractivity contribution < 1.29 is 18.8 Å². The largest absolute Gasteiger partial charge is 0.467 e. The van der Waals surface area contributed by atoms with Crippen LogP contribution in [-0.2, 0) is 17.1 Å². The molecule has 0 aliphatic carbocycles. The zero-order chi connectivity index (χ0) is 18.8. The van der Waals surface area contributed by atoms with Crippen molar-refractivity contribution in [2.75, 3.05) is 6.79 Å². The second-order valence-corrected chi connectivity index (χ2v) is 6.82. The Hall–Kier alpha value is -2.91. The number of nitrogens with zero attached hydrogens (tertiary/aromatic N) is 2. The first-order chi connectivity index (χ1) is 13.1. The number of nitro benzene ring substituents is 1. The molecule has 0 saturated carbocycles. The molecule has 0 unspecified atom stereocenters. The fourth-order valence-electron chi connectivity index (χ4n) is 2.79. The lowest BCUT2D eigenvalue weighted by atomic mass is 10.1. The molecule has 4 rings (SSSR count). The summed E-state index contributed by atoms with van der Waals surface area (Å²) in [5.41, 5.74) is 2.97. The average molecular weight is 387 g/mol. The van der Waals surface area contributed by atoms with E-state index in [-0.39, 0.29) is 24.9 Å². The lowest BCUT2D eigenvalue weighted by molar-refractivity contribution is -0.385. The van der Waals surface area contributed by atoms with E-state index < -0.39 is 4.92 Å². The van der Waals surface area contributed by atoms with Crippen molar-refractivity contribution in [1.82, 2.24) is 9.97 Å². The summed E-state index contributed by atoms with van der Waals surface area (Å²) >= 11 is 1.40. The number of benzene rings is 2. The van der Waals surface area contributed by atoms with Crippen LogP contribution in [0.25, 0.3) is 11.3 Å².